The van der Waals surface area contributed by atoms with Crippen molar-refractivity contribution in [2.45, 2.75) is 13.1 Å². The van der Waals surface area contributed by atoms with Crippen LogP contribution in [-0.4, -0.2) is 6.79 Å². The van der Waals surface area contributed by atoms with Crippen LogP contribution >= 0.6 is 11.6 Å². The van der Waals surface area contributed by atoms with E-state index in [4.69, 9.17) is 32.5 Å². The molecule has 2 aromatic rings. The van der Waals surface area contributed by atoms with Crippen LogP contribution in [-0.2, 0) is 13.1 Å². The quantitative estimate of drug-likeness (QED) is 0.893. The summed E-state index contributed by atoms with van der Waals surface area (Å²) in [5, 5.41) is 0.757. The van der Waals surface area contributed by atoms with Gasteiger partial charge in [0.05, 0.1) is 0 Å². The van der Waals surface area contributed by atoms with E-state index in [1.54, 1.807) is 0 Å². The van der Waals surface area contributed by atoms with Crippen molar-refractivity contribution in [2.24, 2.45) is 11.5 Å². The average Bonchev–Trinajstić information content (AvgIpc) is 2.96. The Bertz CT molecular complexity index is 558. The molecule has 0 radical (unpaired) electrons. The number of rotatable bonds is 2. The Balaban J connectivity index is 0.000000151. The maximum Gasteiger partial charge on any atom is 0.231 e. The van der Waals surface area contributed by atoms with Gasteiger partial charge in [-0.1, -0.05) is 29.8 Å². The number of benzene rings is 2. The van der Waals surface area contributed by atoms with E-state index in [1.165, 1.54) is 0 Å². The molecule has 106 valence electrons. The van der Waals surface area contributed by atoms with Crippen LogP contribution in [0.3, 0.4) is 0 Å². The van der Waals surface area contributed by atoms with Crippen LogP contribution in [0.4, 0.5) is 0 Å². The van der Waals surface area contributed by atoms with Crippen LogP contribution < -0.4 is 20.9 Å². The van der Waals surface area contributed by atoms with Gasteiger partial charge in [-0.25, -0.2) is 0 Å². The maximum atomic E-state index is 5.63. The number of hydrogen-bond acceptors (Lipinski definition) is 4. The van der Waals surface area contributed by atoms with Crippen molar-refractivity contribution in [3.05, 3.63) is 58.6 Å². The minimum Gasteiger partial charge on any atom is -0.454 e. The summed E-state index contributed by atoms with van der Waals surface area (Å²) < 4.78 is 10.3. The van der Waals surface area contributed by atoms with Gasteiger partial charge < -0.3 is 20.9 Å². The second-order valence-electron chi connectivity index (χ2n) is 4.22. The highest BCUT2D eigenvalue weighted by molar-refractivity contribution is 6.30. The van der Waals surface area contributed by atoms with Crippen LogP contribution in [0.5, 0.6) is 11.5 Å². The van der Waals surface area contributed by atoms with E-state index < -0.39 is 0 Å². The fourth-order valence-electron chi connectivity index (χ4n) is 1.69. The molecule has 0 aliphatic carbocycles. The molecule has 5 heteroatoms. The first-order valence-electron chi connectivity index (χ1n) is 6.26. The van der Waals surface area contributed by atoms with E-state index in [1.807, 2.05) is 42.5 Å². The van der Waals surface area contributed by atoms with Gasteiger partial charge in [0.15, 0.2) is 11.5 Å². The lowest BCUT2D eigenvalue weighted by Crippen LogP contribution is -1.95. The van der Waals surface area contributed by atoms with Crippen LogP contribution in [0, 0.1) is 0 Å². The largest absolute Gasteiger partial charge is 0.454 e. The summed E-state index contributed by atoms with van der Waals surface area (Å²) in [7, 11) is 0. The summed E-state index contributed by atoms with van der Waals surface area (Å²) in [5.41, 5.74) is 13.0. The molecule has 20 heavy (non-hydrogen) atoms. The monoisotopic (exact) mass is 292 g/mol. The van der Waals surface area contributed by atoms with Crippen molar-refractivity contribution in [1.82, 2.24) is 0 Å². The minimum absolute atomic E-state index is 0.323. The summed E-state index contributed by atoms with van der Waals surface area (Å²) in [6.07, 6.45) is 0. The lowest BCUT2D eigenvalue weighted by atomic mass is 10.2. The van der Waals surface area contributed by atoms with Crippen LogP contribution in [0.15, 0.2) is 42.5 Å². The SMILES string of the molecule is NCc1ccc(Cl)cc1.NCc1ccc2c(c1)OCO2. The number of nitrogens with two attached hydrogens (primary N) is 2. The Kier molecular flexibility index (Phi) is 5.24. The highest BCUT2D eigenvalue weighted by Crippen LogP contribution is 2.32. The Hall–Kier alpha value is -1.75. The molecule has 0 spiro atoms. The summed E-state index contributed by atoms with van der Waals surface area (Å²) in [6, 6.07) is 13.2. The Labute approximate surface area is 123 Å². The zero-order chi connectivity index (χ0) is 14.4. The second-order valence-corrected chi connectivity index (χ2v) is 4.66. The van der Waals surface area contributed by atoms with E-state index in [2.05, 4.69) is 0 Å². The maximum absolute atomic E-state index is 5.63. The molecule has 4 nitrogen and oxygen atoms in total. The number of ether oxygens (including phenoxy) is 2. The second kappa shape index (κ2) is 7.14. The topological polar surface area (TPSA) is 70.5 Å². The first kappa shape index (κ1) is 14.7. The van der Waals surface area contributed by atoms with Crippen molar-refractivity contribution < 1.29 is 9.47 Å². The Morgan fingerprint density at radius 1 is 0.850 bits per heavy atom. The van der Waals surface area contributed by atoms with Crippen molar-refractivity contribution in [1.29, 1.82) is 0 Å². The molecule has 4 N–H and O–H groups in total. The van der Waals surface area contributed by atoms with Gasteiger partial charge >= 0.3 is 0 Å². The van der Waals surface area contributed by atoms with Crippen molar-refractivity contribution in [3.63, 3.8) is 0 Å². The molecule has 0 amide bonds. The number of hydrogen-bond donors (Lipinski definition) is 2. The first-order chi connectivity index (χ1) is 9.72. The predicted octanol–water partition coefficient (Wildman–Crippen LogP) is 2.67. The molecule has 1 aliphatic rings. The fraction of sp³-hybridized carbons (Fsp3) is 0.200. The third-order valence-electron chi connectivity index (χ3n) is 2.82. The molecule has 0 saturated carbocycles. The fourth-order valence-corrected chi connectivity index (χ4v) is 1.81. The smallest absolute Gasteiger partial charge is 0.231 e. The van der Waals surface area contributed by atoms with E-state index in [0.717, 1.165) is 27.6 Å². The van der Waals surface area contributed by atoms with Crippen LogP contribution in [0.2, 0.25) is 5.02 Å². The highest BCUT2D eigenvalue weighted by atomic mass is 35.5. The molecule has 2 aromatic carbocycles. The number of halogens is 1. The summed E-state index contributed by atoms with van der Waals surface area (Å²) >= 11 is 5.63. The highest BCUT2D eigenvalue weighted by Gasteiger charge is 2.12. The normalized spacial score (nSPS) is 11.8. The Morgan fingerprint density at radius 2 is 1.45 bits per heavy atom. The summed E-state index contributed by atoms with van der Waals surface area (Å²) in [4.78, 5) is 0. The average molecular weight is 293 g/mol. The van der Waals surface area contributed by atoms with Gasteiger partial charge in [0.1, 0.15) is 0 Å². The molecule has 3 rings (SSSR count). The summed E-state index contributed by atoms with van der Waals surface area (Å²) in [6.45, 7) is 1.44. The van der Waals surface area contributed by atoms with Crippen molar-refractivity contribution in [3.8, 4) is 11.5 Å². The zero-order valence-corrected chi connectivity index (χ0v) is 11.8. The van der Waals surface area contributed by atoms with E-state index in [-0.39, 0.29) is 0 Å². The minimum atomic E-state index is 0.323. The van der Waals surface area contributed by atoms with Gasteiger partial charge in [0, 0.05) is 18.1 Å². The first-order valence-corrected chi connectivity index (χ1v) is 6.64. The molecule has 0 aromatic heterocycles. The molecule has 0 atom stereocenters. The molecule has 1 aliphatic heterocycles. The molecule has 0 fully saturated rings. The van der Waals surface area contributed by atoms with Crippen molar-refractivity contribution >= 4 is 11.6 Å². The van der Waals surface area contributed by atoms with Gasteiger partial charge in [-0.2, -0.15) is 0 Å². The van der Waals surface area contributed by atoms with E-state index in [0.29, 0.717) is 19.9 Å². The third kappa shape index (κ3) is 3.87. The van der Waals surface area contributed by atoms with Crippen molar-refractivity contribution in [2.75, 3.05) is 6.79 Å². The number of fused-ring (bicyclic) bond motifs is 1. The lowest BCUT2D eigenvalue weighted by Gasteiger charge is -1.97. The van der Waals surface area contributed by atoms with Crippen LogP contribution in [0.1, 0.15) is 11.1 Å². The van der Waals surface area contributed by atoms with Gasteiger partial charge in [0.25, 0.3) is 0 Å². The molecule has 0 bridgehead atoms. The summed E-state index contributed by atoms with van der Waals surface area (Å²) in [5.74, 6) is 1.61. The predicted molar refractivity (Wildman–Crippen MR) is 79.8 cm³/mol. The lowest BCUT2D eigenvalue weighted by molar-refractivity contribution is 0.174. The molecule has 0 unspecified atom stereocenters. The van der Waals surface area contributed by atoms with E-state index in [9.17, 15) is 0 Å². The molecule has 1 heterocycles. The molecular formula is C15H17ClN2O2. The van der Waals surface area contributed by atoms with Gasteiger partial charge in [-0.15, -0.1) is 0 Å². The van der Waals surface area contributed by atoms with Gasteiger partial charge in [0.2, 0.25) is 6.79 Å². The third-order valence-corrected chi connectivity index (χ3v) is 3.07. The van der Waals surface area contributed by atoms with E-state index >= 15 is 0 Å². The Morgan fingerprint density at radius 3 is 2.10 bits per heavy atom. The zero-order valence-electron chi connectivity index (χ0n) is 11.0. The molecule has 0 saturated heterocycles. The van der Waals surface area contributed by atoms with Gasteiger partial charge in [-0.05, 0) is 35.4 Å². The van der Waals surface area contributed by atoms with Gasteiger partial charge in [-0.3, -0.25) is 0 Å². The van der Waals surface area contributed by atoms with Crippen LogP contribution in [0.25, 0.3) is 0 Å². The standard InChI is InChI=1S/C8H9NO2.C7H8ClN/c9-4-6-1-2-7-8(3-6)11-5-10-7;8-7-3-1-6(5-9)2-4-7/h1-3H,4-5,9H2;1-4H,5,9H2. The molecular weight excluding hydrogens is 276 g/mol.